The zero-order valence-electron chi connectivity index (χ0n) is 9.51. The molecule has 1 aliphatic rings. The maximum atomic E-state index is 13.2. The number of carbonyl (C=O) groups is 1. The number of nitrogens with zero attached hydrogens (tertiary/aromatic N) is 1. The molecule has 0 aromatic rings. The van der Waals surface area contributed by atoms with Gasteiger partial charge in [-0.05, 0) is 12.3 Å². The lowest BCUT2D eigenvalue weighted by atomic mass is 9.77. The number of hydrogen-bond acceptors (Lipinski definition) is 4. The number of nitrogens with two attached hydrogens (primary N) is 1. The fourth-order valence-corrected chi connectivity index (χ4v) is 1.83. The molecule has 0 aliphatic carbocycles. The van der Waals surface area contributed by atoms with Crippen molar-refractivity contribution in [3.05, 3.63) is 0 Å². The highest BCUT2D eigenvalue weighted by atomic mass is 19.1. The van der Waals surface area contributed by atoms with Gasteiger partial charge in [-0.3, -0.25) is 4.79 Å². The van der Waals surface area contributed by atoms with Crippen LogP contribution in [-0.4, -0.2) is 52.7 Å². The number of likely N-dealkylation sites (tertiary alicyclic amines) is 1. The Hall–Kier alpha value is -0.655. The van der Waals surface area contributed by atoms with Crippen LogP contribution >= 0.6 is 0 Å². The molecule has 1 rings (SSSR count). The van der Waals surface area contributed by atoms with Gasteiger partial charge >= 0.3 is 7.12 Å². The first-order chi connectivity index (χ1) is 7.34. The molecule has 7 heteroatoms. The van der Waals surface area contributed by atoms with Gasteiger partial charge in [-0.2, -0.15) is 0 Å². The molecule has 5 nitrogen and oxygen atoms in total. The van der Waals surface area contributed by atoms with Crippen LogP contribution in [0.25, 0.3) is 0 Å². The van der Waals surface area contributed by atoms with E-state index in [1.165, 1.54) is 0 Å². The maximum absolute atomic E-state index is 13.2. The Balaban J connectivity index is 2.74. The van der Waals surface area contributed by atoms with E-state index in [1.807, 2.05) is 0 Å². The minimum absolute atomic E-state index is 0.0474. The van der Waals surface area contributed by atoms with Crippen LogP contribution in [0.2, 0.25) is 0 Å². The summed E-state index contributed by atoms with van der Waals surface area (Å²) in [4.78, 5) is 13.0. The zero-order valence-corrected chi connectivity index (χ0v) is 9.51. The van der Waals surface area contributed by atoms with Gasteiger partial charge in [0.25, 0.3) is 0 Å². The topological polar surface area (TPSA) is 86.8 Å². The summed E-state index contributed by atoms with van der Waals surface area (Å²) in [6, 6.07) is -0.730. The second kappa shape index (κ2) is 5.12. The maximum Gasteiger partial charge on any atom is 0.475 e. The Morgan fingerprint density at radius 3 is 2.56 bits per heavy atom. The van der Waals surface area contributed by atoms with Gasteiger partial charge < -0.3 is 20.7 Å². The molecular weight excluding hydrogens is 214 g/mol. The smallest absolute Gasteiger partial charge is 0.426 e. The average Bonchev–Trinajstić information content (AvgIpc) is 2.58. The van der Waals surface area contributed by atoms with E-state index in [9.17, 15) is 9.18 Å². The highest BCUT2D eigenvalue weighted by Gasteiger charge is 2.43. The predicted molar refractivity (Wildman–Crippen MR) is 58.0 cm³/mol. The summed E-state index contributed by atoms with van der Waals surface area (Å²) in [6.45, 7) is 3.47. The van der Waals surface area contributed by atoms with Crippen molar-refractivity contribution in [1.29, 1.82) is 0 Å². The van der Waals surface area contributed by atoms with Crippen molar-refractivity contribution in [3.8, 4) is 0 Å². The summed E-state index contributed by atoms with van der Waals surface area (Å²) in [5, 5.41) is 18.1. The third-order valence-corrected chi connectivity index (χ3v) is 2.92. The van der Waals surface area contributed by atoms with E-state index in [0.717, 1.165) is 4.90 Å². The molecule has 0 bridgehead atoms. The number of amides is 1. The average molecular weight is 232 g/mol. The minimum atomic E-state index is -1.72. The molecule has 16 heavy (non-hydrogen) atoms. The number of halogens is 1. The highest BCUT2D eigenvalue weighted by molar-refractivity contribution is 6.43. The summed E-state index contributed by atoms with van der Waals surface area (Å²) in [5.74, 6) is -1.37. The van der Waals surface area contributed by atoms with Gasteiger partial charge in [-0.25, -0.2) is 4.39 Å². The fraction of sp³-hybridized carbons (Fsp3) is 0.889. The van der Waals surface area contributed by atoms with Gasteiger partial charge in [-0.15, -0.1) is 0 Å². The lowest BCUT2D eigenvalue weighted by Gasteiger charge is -2.27. The van der Waals surface area contributed by atoms with Gasteiger partial charge in [0.15, 0.2) is 0 Å². The first-order valence-electron chi connectivity index (χ1n) is 5.40. The van der Waals surface area contributed by atoms with Gasteiger partial charge in [0.1, 0.15) is 6.17 Å². The van der Waals surface area contributed by atoms with Gasteiger partial charge in [0.05, 0.1) is 18.5 Å². The summed E-state index contributed by atoms with van der Waals surface area (Å²) in [7, 11) is -1.72. The van der Waals surface area contributed by atoms with Crippen LogP contribution < -0.4 is 5.73 Å². The number of carbonyl (C=O) groups excluding carboxylic acids is 1. The van der Waals surface area contributed by atoms with Crippen LogP contribution in [0, 0.1) is 5.92 Å². The van der Waals surface area contributed by atoms with Crippen molar-refractivity contribution in [2.75, 3.05) is 6.54 Å². The largest absolute Gasteiger partial charge is 0.475 e. The predicted octanol–water partition coefficient (Wildman–Crippen LogP) is -1.08. The van der Waals surface area contributed by atoms with E-state index >= 15 is 0 Å². The lowest BCUT2D eigenvalue weighted by molar-refractivity contribution is -0.133. The molecule has 1 fully saturated rings. The van der Waals surface area contributed by atoms with Crippen molar-refractivity contribution >= 4 is 13.0 Å². The molecule has 1 saturated heterocycles. The monoisotopic (exact) mass is 232 g/mol. The normalized spacial score (nSPS) is 27.3. The Kier molecular flexibility index (Phi) is 4.29. The molecule has 1 heterocycles. The molecule has 0 unspecified atom stereocenters. The summed E-state index contributed by atoms with van der Waals surface area (Å²) >= 11 is 0. The second-order valence-electron chi connectivity index (χ2n) is 4.57. The first kappa shape index (κ1) is 13.4. The number of alkyl halides is 1. The number of hydrogen-bond donors (Lipinski definition) is 3. The van der Waals surface area contributed by atoms with Crippen LogP contribution in [0.3, 0.4) is 0 Å². The second-order valence-corrected chi connectivity index (χ2v) is 4.57. The molecule has 0 aromatic heterocycles. The van der Waals surface area contributed by atoms with Crippen LogP contribution in [0.5, 0.6) is 0 Å². The van der Waals surface area contributed by atoms with Crippen LogP contribution in [0.1, 0.15) is 20.3 Å². The molecule has 1 amide bonds. The van der Waals surface area contributed by atoms with Gasteiger partial charge in [-0.1, -0.05) is 13.8 Å². The molecule has 1 aliphatic heterocycles. The van der Waals surface area contributed by atoms with Gasteiger partial charge in [0, 0.05) is 0 Å². The van der Waals surface area contributed by atoms with Crippen molar-refractivity contribution in [3.63, 3.8) is 0 Å². The fourth-order valence-electron chi connectivity index (χ4n) is 1.83. The van der Waals surface area contributed by atoms with E-state index in [2.05, 4.69) is 0 Å². The van der Waals surface area contributed by atoms with E-state index < -0.39 is 31.2 Å². The minimum Gasteiger partial charge on any atom is -0.426 e. The van der Waals surface area contributed by atoms with Crippen molar-refractivity contribution in [1.82, 2.24) is 4.90 Å². The van der Waals surface area contributed by atoms with E-state index in [4.69, 9.17) is 15.8 Å². The molecule has 4 N–H and O–H groups in total. The third-order valence-electron chi connectivity index (χ3n) is 2.92. The van der Waals surface area contributed by atoms with Crippen LogP contribution in [0.4, 0.5) is 4.39 Å². The summed E-state index contributed by atoms with van der Waals surface area (Å²) in [6.07, 6.45) is -1.26. The summed E-state index contributed by atoms with van der Waals surface area (Å²) < 4.78 is 13.2. The Bertz CT molecular complexity index is 265. The molecule has 0 aromatic carbocycles. The van der Waals surface area contributed by atoms with Crippen molar-refractivity contribution in [2.45, 2.75) is 38.4 Å². The Morgan fingerprint density at radius 2 is 2.12 bits per heavy atom. The summed E-state index contributed by atoms with van der Waals surface area (Å²) in [5.41, 5.74) is 5.67. The lowest BCUT2D eigenvalue weighted by Crippen LogP contribution is -2.52. The van der Waals surface area contributed by atoms with E-state index in [-0.39, 0.29) is 18.9 Å². The van der Waals surface area contributed by atoms with Crippen molar-refractivity contribution < 1.29 is 19.2 Å². The van der Waals surface area contributed by atoms with E-state index in [0.29, 0.717) is 0 Å². The molecule has 0 radical (unpaired) electrons. The molecular formula is C9H18BFN2O3. The third kappa shape index (κ3) is 2.72. The van der Waals surface area contributed by atoms with Crippen LogP contribution in [0.15, 0.2) is 0 Å². The quantitative estimate of drug-likeness (QED) is 0.540. The number of rotatable bonds is 3. The van der Waals surface area contributed by atoms with Crippen LogP contribution in [-0.2, 0) is 4.79 Å². The van der Waals surface area contributed by atoms with Crippen molar-refractivity contribution in [2.24, 2.45) is 11.7 Å². The zero-order chi connectivity index (χ0) is 12.5. The van der Waals surface area contributed by atoms with Gasteiger partial charge in [0.2, 0.25) is 5.91 Å². The van der Waals surface area contributed by atoms with E-state index in [1.54, 1.807) is 13.8 Å². The molecule has 0 saturated carbocycles. The first-order valence-corrected chi connectivity index (χ1v) is 5.40. The molecule has 92 valence electrons. The Labute approximate surface area is 94.6 Å². The molecule has 3 atom stereocenters. The molecule has 0 spiro atoms. The Morgan fingerprint density at radius 1 is 1.56 bits per heavy atom. The highest BCUT2D eigenvalue weighted by Crippen LogP contribution is 2.22. The standard InChI is InChI=1S/C9H18BFN2O3/c1-5(2)8(12)9(14)13-4-6(11)3-7(13)10(15)16/h5-8,15-16H,3-4,12H2,1-2H3/t6-,7+,8+/m1/s1. The SMILES string of the molecule is CC(C)[C@H](N)C(=O)N1C[C@H](F)C[C@H]1B(O)O.